The first-order valence-corrected chi connectivity index (χ1v) is 21.3. The average Bonchev–Trinajstić information content (AvgIpc) is 4.01. The Bertz CT molecular complexity index is 3860. The standard InChI is InChI=1S/C58H36N4O/c1-3-13-37(14-4-1)50-35-44(36-51(60-50)38-15-5-2-6-16-38)62-53-22-10-8-20-46(53)48-32-40(25-28-54(48)62)42-24-27-47-45-19-7-9-21-52(45)61(55(47)34-42)43-18-11-17-39(31-43)41-26-29-56-49(33-41)58-57(63-56)23-12-30-59-58/h1-36H. The predicted octanol–water partition coefficient (Wildman–Crippen LogP) is 15.2. The molecule has 13 rings (SSSR count). The lowest BCUT2D eigenvalue weighted by Gasteiger charge is -2.13. The van der Waals surface area contributed by atoms with Gasteiger partial charge in [-0.15, -0.1) is 0 Å². The fourth-order valence-corrected chi connectivity index (χ4v) is 9.62. The summed E-state index contributed by atoms with van der Waals surface area (Å²) in [7, 11) is 0. The third-order valence-corrected chi connectivity index (χ3v) is 12.6. The van der Waals surface area contributed by atoms with Gasteiger partial charge in [-0.2, -0.15) is 0 Å². The van der Waals surface area contributed by atoms with Crippen molar-refractivity contribution in [3.63, 3.8) is 0 Å². The van der Waals surface area contributed by atoms with Crippen molar-refractivity contribution in [3.05, 3.63) is 219 Å². The number of benzene rings is 8. The second-order valence-electron chi connectivity index (χ2n) is 16.2. The van der Waals surface area contributed by atoms with Crippen LogP contribution in [0.4, 0.5) is 0 Å². The summed E-state index contributed by atoms with van der Waals surface area (Å²) in [5.41, 5.74) is 17.9. The Balaban J connectivity index is 0.961. The highest BCUT2D eigenvalue weighted by Crippen LogP contribution is 2.40. The summed E-state index contributed by atoms with van der Waals surface area (Å²) in [5.74, 6) is 0. The van der Waals surface area contributed by atoms with Gasteiger partial charge in [0.05, 0.1) is 39.1 Å². The molecule has 0 aliphatic rings. The van der Waals surface area contributed by atoms with E-state index in [2.05, 4.69) is 214 Å². The summed E-state index contributed by atoms with van der Waals surface area (Å²) in [6.45, 7) is 0. The van der Waals surface area contributed by atoms with Crippen molar-refractivity contribution in [1.82, 2.24) is 19.1 Å². The van der Waals surface area contributed by atoms with E-state index in [1.54, 1.807) is 0 Å². The molecular formula is C58H36N4O. The Morgan fingerprint density at radius 1 is 0.317 bits per heavy atom. The van der Waals surface area contributed by atoms with E-state index in [0.717, 1.165) is 94.8 Å². The lowest BCUT2D eigenvalue weighted by Crippen LogP contribution is -1.98. The van der Waals surface area contributed by atoms with E-state index in [1.807, 2.05) is 18.3 Å². The first-order valence-electron chi connectivity index (χ1n) is 21.3. The van der Waals surface area contributed by atoms with E-state index in [1.165, 1.54) is 27.1 Å². The molecule has 0 saturated heterocycles. The van der Waals surface area contributed by atoms with Crippen LogP contribution in [0.1, 0.15) is 0 Å². The number of para-hydroxylation sites is 2. The van der Waals surface area contributed by atoms with Crippen LogP contribution < -0.4 is 0 Å². The number of furan rings is 1. The van der Waals surface area contributed by atoms with E-state index in [4.69, 9.17) is 9.40 Å². The number of fused-ring (bicyclic) bond motifs is 9. The fourth-order valence-electron chi connectivity index (χ4n) is 9.62. The van der Waals surface area contributed by atoms with E-state index >= 15 is 0 Å². The molecule has 294 valence electrons. The molecule has 63 heavy (non-hydrogen) atoms. The molecule has 0 atom stereocenters. The van der Waals surface area contributed by atoms with Gasteiger partial charge in [-0.25, -0.2) is 4.98 Å². The van der Waals surface area contributed by atoms with Gasteiger partial charge in [0.1, 0.15) is 11.1 Å². The Morgan fingerprint density at radius 2 is 0.873 bits per heavy atom. The molecule has 8 aromatic carbocycles. The Morgan fingerprint density at radius 3 is 1.62 bits per heavy atom. The lowest BCUT2D eigenvalue weighted by molar-refractivity contribution is 0.668. The van der Waals surface area contributed by atoms with Gasteiger partial charge in [0.15, 0.2) is 5.58 Å². The maximum Gasteiger partial charge on any atom is 0.153 e. The molecule has 5 heterocycles. The largest absolute Gasteiger partial charge is 0.454 e. The van der Waals surface area contributed by atoms with Crippen molar-refractivity contribution in [1.29, 1.82) is 0 Å². The number of aromatic nitrogens is 4. The highest BCUT2D eigenvalue weighted by Gasteiger charge is 2.18. The summed E-state index contributed by atoms with van der Waals surface area (Å²) in [6.07, 6.45) is 1.82. The maximum atomic E-state index is 6.10. The van der Waals surface area contributed by atoms with E-state index in [9.17, 15) is 0 Å². The van der Waals surface area contributed by atoms with Gasteiger partial charge in [0.2, 0.25) is 0 Å². The monoisotopic (exact) mass is 804 g/mol. The van der Waals surface area contributed by atoms with Crippen LogP contribution in [-0.4, -0.2) is 19.1 Å². The van der Waals surface area contributed by atoms with Crippen molar-refractivity contribution in [2.75, 3.05) is 0 Å². The molecule has 0 amide bonds. The van der Waals surface area contributed by atoms with Crippen molar-refractivity contribution in [3.8, 4) is 56.1 Å². The highest BCUT2D eigenvalue weighted by atomic mass is 16.3. The van der Waals surface area contributed by atoms with Crippen LogP contribution in [0.25, 0.3) is 122 Å². The predicted molar refractivity (Wildman–Crippen MR) is 260 cm³/mol. The van der Waals surface area contributed by atoms with Gasteiger partial charge in [-0.3, -0.25) is 4.98 Å². The van der Waals surface area contributed by atoms with Gasteiger partial charge in [0, 0.05) is 49.9 Å². The van der Waals surface area contributed by atoms with Crippen molar-refractivity contribution in [2.45, 2.75) is 0 Å². The minimum absolute atomic E-state index is 0.799. The van der Waals surface area contributed by atoms with Crippen LogP contribution in [0, 0.1) is 0 Å². The second kappa shape index (κ2) is 14.0. The second-order valence-corrected chi connectivity index (χ2v) is 16.2. The summed E-state index contributed by atoms with van der Waals surface area (Å²) in [5, 5.41) is 5.87. The highest BCUT2D eigenvalue weighted by molar-refractivity contribution is 6.13. The molecule has 5 heteroatoms. The zero-order valence-electron chi connectivity index (χ0n) is 34.0. The molecule has 0 spiro atoms. The summed E-state index contributed by atoms with van der Waals surface area (Å²) < 4.78 is 10.9. The number of hydrogen-bond donors (Lipinski definition) is 0. The zero-order valence-corrected chi connectivity index (χ0v) is 34.0. The first-order chi connectivity index (χ1) is 31.2. The molecule has 5 nitrogen and oxygen atoms in total. The summed E-state index contributed by atoms with van der Waals surface area (Å²) in [6, 6.07) is 75.8. The van der Waals surface area contributed by atoms with Crippen LogP contribution in [0.15, 0.2) is 223 Å². The first kappa shape index (κ1) is 35.2. The molecule has 0 N–H and O–H groups in total. The minimum atomic E-state index is 0.799. The van der Waals surface area contributed by atoms with Gasteiger partial charge in [0.25, 0.3) is 0 Å². The lowest BCUT2D eigenvalue weighted by atomic mass is 10.0. The zero-order chi connectivity index (χ0) is 41.4. The quantitative estimate of drug-likeness (QED) is 0.168. The van der Waals surface area contributed by atoms with Crippen LogP contribution in [0.3, 0.4) is 0 Å². The molecule has 0 saturated carbocycles. The van der Waals surface area contributed by atoms with Gasteiger partial charge >= 0.3 is 0 Å². The smallest absolute Gasteiger partial charge is 0.153 e. The van der Waals surface area contributed by atoms with Crippen molar-refractivity contribution >= 4 is 65.7 Å². The van der Waals surface area contributed by atoms with Crippen LogP contribution in [0.5, 0.6) is 0 Å². The van der Waals surface area contributed by atoms with Crippen LogP contribution >= 0.6 is 0 Å². The molecule has 0 aliphatic carbocycles. The summed E-state index contributed by atoms with van der Waals surface area (Å²) >= 11 is 0. The number of nitrogens with zero attached hydrogens (tertiary/aromatic N) is 4. The number of pyridine rings is 2. The molecule has 13 aromatic rings. The minimum Gasteiger partial charge on any atom is -0.454 e. The van der Waals surface area contributed by atoms with Gasteiger partial charge < -0.3 is 13.6 Å². The molecule has 0 aliphatic heterocycles. The Hall–Kier alpha value is -8.54. The van der Waals surface area contributed by atoms with E-state index < -0.39 is 0 Å². The normalized spacial score (nSPS) is 11.8. The van der Waals surface area contributed by atoms with Gasteiger partial charge in [-0.1, -0.05) is 133 Å². The fraction of sp³-hybridized carbons (Fsp3) is 0. The maximum absolute atomic E-state index is 6.10. The molecule has 0 bridgehead atoms. The Kier molecular flexibility index (Phi) is 7.84. The molecule has 0 radical (unpaired) electrons. The molecular weight excluding hydrogens is 769 g/mol. The average molecular weight is 805 g/mol. The van der Waals surface area contributed by atoms with E-state index in [-0.39, 0.29) is 0 Å². The Labute approximate surface area is 362 Å². The van der Waals surface area contributed by atoms with Crippen LogP contribution in [0.2, 0.25) is 0 Å². The van der Waals surface area contributed by atoms with Crippen molar-refractivity contribution in [2.24, 2.45) is 0 Å². The number of hydrogen-bond acceptors (Lipinski definition) is 3. The molecule has 5 aromatic heterocycles. The number of rotatable bonds is 6. The summed E-state index contributed by atoms with van der Waals surface area (Å²) in [4.78, 5) is 9.82. The van der Waals surface area contributed by atoms with Crippen LogP contribution in [-0.2, 0) is 0 Å². The SMILES string of the molecule is c1ccc(-c2cc(-n3c4ccccc4c4cc(-c5ccc6c7ccccc7n(-c7cccc(-c8ccc9oc%10cccnc%10c9c8)c7)c6c5)ccc43)cc(-c3ccccc3)n2)cc1. The third-order valence-electron chi connectivity index (χ3n) is 12.6. The van der Waals surface area contributed by atoms with Crippen molar-refractivity contribution < 1.29 is 4.42 Å². The molecule has 0 fully saturated rings. The van der Waals surface area contributed by atoms with Gasteiger partial charge in [-0.05, 0) is 101 Å². The molecule has 0 unspecified atom stereocenters. The topological polar surface area (TPSA) is 48.8 Å². The van der Waals surface area contributed by atoms with E-state index in [0.29, 0.717) is 0 Å². The third kappa shape index (κ3) is 5.71.